The maximum Gasteiger partial charge on any atom is 0.271 e. The predicted octanol–water partition coefficient (Wildman–Crippen LogP) is 2.17. The minimum atomic E-state index is -0.229. The molecule has 190 valence electrons. The molecule has 1 N–H and O–H groups in total. The van der Waals surface area contributed by atoms with Crippen LogP contribution in [-0.4, -0.2) is 76.2 Å². The fourth-order valence-electron chi connectivity index (χ4n) is 3.77. The lowest BCUT2D eigenvalue weighted by Crippen LogP contribution is -2.49. The predicted molar refractivity (Wildman–Crippen MR) is 138 cm³/mol. The van der Waals surface area contributed by atoms with Gasteiger partial charge in [-0.2, -0.15) is 0 Å². The maximum absolute atomic E-state index is 13.1. The quantitative estimate of drug-likeness (QED) is 0.492. The molecular formula is C27H29N7O3. The number of nitrogens with one attached hydrogen (secondary N) is 1. The van der Waals surface area contributed by atoms with Crippen LogP contribution in [-0.2, 0) is 0 Å². The van der Waals surface area contributed by atoms with Crippen LogP contribution in [0, 0.1) is 11.8 Å². The average molecular weight is 500 g/mol. The largest absolute Gasteiger partial charge is 0.492 e. The van der Waals surface area contributed by atoms with Crippen LogP contribution in [0.2, 0.25) is 0 Å². The summed E-state index contributed by atoms with van der Waals surface area (Å²) in [5.41, 5.74) is 2.14. The highest BCUT2D eigenvalue weighted by atomic mass is 16.5. The Morgan fingerprint density at radius 2 is 1.68 bits per heavy atom. The SMILES string of the molecule is CCCNC(=O)c1ccc(N2CCN(C(=O)c3cncc(C#Cc4cncc(OCC)c4)c3)CC2)nn1. The second-order valence-corrected chi connectivity index (χ2v) is 8.37. The summed E-state index contributed by atoms with van der Waals surface area (Å²) in [6.45, 7) is 7.34. The third-order valence-corrected chi connectivity index (χ3v) is 5.67. The molecule has 0 unspecified atom stereocenters. The smallest absolute Gasteiger partial charge is 0.271 e. The van der Waals surface area contributed by atoms with Gasteiger partial charge in [-0.1, -0.05) is 18.8 Å². The van der Waals surface area contributed by atoms with E-state index in [0.717, 1.165) is 12.0 Å². The number of pyridine rings is 2. The molecule has 10 heteroatoms. The Labute approximate surface area is 216 Å². The molecule has 4 heterocycles. The number of anilines is 1. The summed E-state index contributed by atoms with van der Waals surface area (Å²) in [6.07, 6.45) is 7.35. The molecule has 0 bridgehead atoms. The zero-order valence-electron chi connectivity index (χ0n) is 21.0. The van der Waals surface area contributed by atoms with Crippen LogP contribution in [0.1, 0.15) is 52.2 Å². The molecule has 0 saturated carbocycles. The second kappa shape index (κ2) is 12.4. The molecule has 0 radical (unpaired) electrons. The number of carbonyl (C=O) groups excluding carboxylic acids is 2. The van der Waals surface area contributed by atoms with Gasteiger partial charge in [-0.15, -0.1) is 10.2 Å². The van der Waals surface area contributed by atoms with Gasteiger partial charge < -0.3 is 19.9 Å². The molecule has 0 aliphatic carbocycles. The Balaban J connectivity index is 1.35. The summed E-state index contributed by atoms with van der Waals surface area (Å²) < 4.78 is 5.46. The molecule has 4 rings (SSSR count). The summed E-state index contributed by atoms with van der Waals surface area (Å²) in [4.78, 5) is 37.3. The van der Waals surface area contributed by atoms with E-state index in [1.165, 1.54) is 0 Å². The Morgan fingerprint density at radius 1 is 0.946 bits per heavy atom. The number of rotatable bonds is 7. The van der Waals surface area contributed by atoms with Gasteiger partial charge in [0.2, 0.25) is 0 Å². The van der Waals surface area contributed by atoms with Crippen molar-refractivity contribution in [2.75, 3.05) is 44.2 Å². The van der Waals surface area contributed by atoms with E-state index in [4.69, 9.17) is 4.74 Å². The Morgan fingerprint density at radius 3 is 2.35 bits per heavy atom. The number of piperazine rings is 1. The van der Waals surface area contributed by atoms with Crippen molar-refractivity contribution in [3.8, 4) is 17.6 Å². The van der Waals surface area contributed by atoms with Crippen LogP contribution in [0.15, 0.2) is 49.1 Å². The first-order valence-electron chi connectivity index (χ1n) is 12.3. The molecule has 0 atom stereocenters. The van der Waals surface area contributed by atoms with Crippen molar-refractivity contribution in [2.45, 2.75) is 20.3 Å². The highest BCUT2D eigenvalue weighted by molar-refractivity contribution is 5.94. The van der Waals surface area contributed by atoms with E-state index in [1.807, 2.05) is 19.9 Å². The topological polar surface area (TPSA) is 113 Å². The van der Waals surface area contributed by atoms with Crippen LogP contribution in [0.3, 0.4) is 0 Å². The van der Waals surface area contributed by atoms with Crippen molar-refractivity contribution in [3.63, 3.8) is 0 Å². The van der Waals surface area contributed by atoms with Gasteiger partial charge in [-0.05, 0) is 37.6 Å². The first kappa shape index (κ1) is 25.6. The summed E-state index contributed by atoms with van der Waals surface area (Å²) in [7, 11) is 0. The summed E-state index contributed by atoms with van der Waals surface area (Å²) in [5.74, 6) is 7.12. The molecule has 1 aliphatic rings. The fourth-order valence-corrected chi connectivity index (χ4v) is 3.77. The van der Waals surface area contributed by atoms with Crippen molar-refractivity contribution in [1.82, 2.24) is 30.4 Å². The average Bonchev–Trinajstić information content (AvgIpc) is 2.95. The maximum atomic E-state index is 13.1. The summed E-state index contributed by atoms with van der Waals surface area (Å²) in [6, 6.07) is 7.04. The van der Waals surface area contributed by atoms with E-state index in [0.29, 0.717) is 67.7 Å². The number of aromatic nitrogens is 4. The highest BCUT2D eigenvalue weighted by Gasteiger charge is 2.23. The first-order valence-corrected chi connectivity index (χ1v) is 12.3. The van der Waals surface area contributed by atoms with E-state index >= 15 is 0 Å². The van der Waals surface area contributed by atoms with Gasteiger partial charge in [0.25, 0.3) is 11.8 Å². The standard InChI is InChI=1S/C27H29N7O3/c1-3-9-30-26(35)24-7-8-25(32-31-24)33-10-12-34(13-11-33)27(36)22-14-20(16-28-18-22)5-6-21-15-23(37-4-2)19-29-17-21/h7-8,14-19H,3-4,9-13H2,1-2H3,(H,30,35). The zero-order chi connectivity index (χ0) is 26.0. The van der Waals surface area contributed by atoms with E-state index in [2.05, 4.69) is 42.2 Å². The second-order valence-electron chi connectivity index (χ2n) is 8.37. The summed E-state index contributed by atoms with van der Waals surface area (Å²) in [5, 5.41) is 11.0. The van der Waals surface area contributed by atoms with Crippen molar-refractivity contribution < 1.29 is 14.3 Å². The van der Waals surface area contributed by atoms with Gasteiger partial charge in [0.15, 0.2) is 11.5 Å². The third-order valence-electron chi connectivity index (χ3n) is 5.67. The van der Waals surface area contributed by atoms with Gasteiger partial charge in [-0.25, -0.2) is 0 Å². The van der Waals surface area contributed by atoms with Crippen molar-refractivity contribution in [2.24, 2.45) is 0 Å². The molecule has 3 aromatic rings. The van der Waals surface area contributed by atoms with Crippen LogP contribution in [0.4, 0.5) is 5.82 Å². The molecule has 1 aliphatic heterocycles. The molecule has 37 heavy (non-hydrogen) atoms. The Hall–Kier alpha value is -4.52. The van der Waals surface area contributed by atoms with E-state index in [9.17, 15) is 9.59 Å². The number of carbonyl (C=O) groups is 2. The molecule has 2 amide bonds. The first-order chi connectivity index (χ1) is 18.1. The Bertz CT molecular complexity index is 1290. The normalized spacial score (nSPS) is 12.9. The van der Waals surface area contributed by atoms with Gasteiger partial charge in [0, 0.05) is 62.4 Å². The number of nitrogens with zero attached hydrogens (tertiary/aromatic N) is 6. The van der Waals surface area contributed by atoms with Crippen molar-refractivity contribution in [1.29, 1.82) is 0 Å². The molecule has 1 fully saturated rings. The van der Waals surface area contributed by atoms with Crippen LogP contribution in [0.5, 0.6) is 5.75 Å². The number of ether oxygens (including phenoxy) is 1. The number of hydrogen-bond donors (Lipinski definition) is 1. The van der Waals surface area contributed by atoms with Crippen LogP contribution >= 0.6 is 0 Å². The molecule has 1 saturated heterocycles. The monoisotopic (exact) mass is 499 g/mol. The van der Waals surface area contributed by atoms with Gasteiger partial charge in [-0.3, -0.25) is 19.6 Å². The lowest BCUT2D eigenvalue weighted by Gasteiger charge is -2.35. The van der Waals surface area contributed by atoms with Crippen LogP contribution < -0.4 is 15.0 Å². The van der Waals surface area contributed by atoms with E-state index < -0.39 is 0 Å². The molecule has 3 aromatic heterocycles. The minimum Gasteiger partial charge on any atom is -0.492 e. The molecule has 0 aromatic carbocycles. The van der Waals surface area contributed by atoms with E-state index in [1.54, 1.807) is 47.9 Å². The van der Waals surface area contributed by atoms with Gasteiger partial charge >= 0.3 is 0 Å². The molecular weight excluding hydrogens is 470 g/mol. The van der Waals surface area contributed by atoms with Crippen LogP contribution in [0.25, 0.3) is 0 Å². The van der Waals surface area contributed by atoms with Crippen molar-refractivity contribution in [3.05, 3.63) is 71.4 Å². The minimum absolute atomic E-state index is 0.0927. The van der Waals surface area contributed by atoms with Gasteiger partial charge in [0.1, 0.15) is 5.75 Å². The Kier molecular flexibility index (Phi) is 8.60. The number of hydrogen-bond acceptors (Lipinski definition) is 8. The molecule has 0 spiro atoms. The fraction of sp³-hybridized carbons (Fsp3) is 0.333. The number of amides is 2. The third kappa shape index (κ3) is 6.79. The lowest BCUT2D eigenvalue weighted by atomic mass is 10.1. The van der Waals surface area contributed by atoms with Crippen molar-refractivity contribution >= 4 is 17.6 Å². The molecule has 10 nitrogen and oxygen atoms in total. The van der Waals surface area contributed by atoms with E-state index in [-0.39, 0.29) is 11.8 Å². The zero-order valence-corrected chi connectivity index (χ0v) is 21.0. The highest BCUT2D eigenvalue weighted by Crippen LogP contribution is 2.15. The van der Waals surface area contributed by atoms with Gasteiger partial charge in [0.05, 0.1) is 18.4 Å². The summed E-state index contributed by atoms with van der Waals surface area (Å²) >= 11 is 0. The lowest BCUT2D eigenvalue weighted by molar-refractivity contribution is 0.0745.